The van der Waals surface area contributed by atoms with Crippen molar-refractivity contribution in [1.82, 2.24) is 5.48 Å². The van der Waals surface area contributed by atoms with Crippen molar-refractivity contribution in [2.24, 2.45) is 0 Å². The van der Waals surface area contributed by atoms with E-state index in [0.717, 1.165) is 0 Å². The fourth-order valence-electron chi connectivity index (χ4n) is 0.383. The van der Waals surface area contributed by atoms with Crippen LogP contribution in [-0.2, 0) is 4.79 Å². The Balaban J connectivity index is 3.28. The first kappa shape index (κ1) is 8.17. The molecule has 0 aliphatic heterocycles. The fourth-order valence-corrected chi connectivity index (χ4v) is 0.383. The number of Topliss-reactive ketones (excluding diaryl/α,β-unsaturated/α-hetero) is 1. The Hall–Kier alpha value is -0.830. The molecule has 0 aromatic heterocycles. The molecule has 0 fully saturated rings. The summed E-state index contributed by atoms with van der Waals surface area (Å²) in [6.07, 6.45) is 0.943. The summed E-state index contributed by atoms with van der Waals surface area (Å²) in [4.78, 5) is 10.3. The molecule has 0 heterocycles. The second-order valence-corrected chi connectivity index (χ2v) is 1.92. The highest BCUT2D eigenvalue weighted by Crippen LogP contribution is 1.96. The minimum atomic E-state index is 0.103. The SMILES string of the molecule is C=C(CCC(C)=O)NO. The van der Waals surface area contributed by atoms with Crippen molar-refractivity contribution in [3.8, 4) is 0 Å². The van der Waals surface area contributed by atoms with Gasteiger partial charge in [-0.05, 0) is 13.3 Å². The van der Waals surface area contributed by atoms with E-state index in [-0.39, 0.29) is 5.78 Å². The highest BCUT2D eigenvalue weighted by atomic mass is 16.5. The van der Waals surface area contributed by atoms with Crippen LogP contribution in [0.3, 0.4) is 0 Å². The van der Waals surface area contributed by atoms with E-state index in [9.17, 15) is 4.79 Å². The second kappa shape index (κ2) is 4.09. The van der Waals surface area contributed by atoms with Crippen LogP contribution >= 0.6 is 0 Å². The molecule has 0 saturated heterocycles. The van der Waals surface area contributed by atoms with Gasteiger partial charge in [0.1, 0.15) is 5.78 Å². The Labute approximate surface area is 54.3 Å². The van der Waals surface area contributed by atoms with Gasteiger partial charge >= 0.3 is 0 Å². The number of allylic oxidation sites excluding steroid dienone is 1. The van der Waals surface area contributed by atoms with Crippen molar-refractivity contribution in [2.75, 3.05) is 0 Å². The summed E-state index contributed by atoms with van der Waals surface area (Å²) in [6, 6.07) is 0. The topological polar surface area (TPSA) is 49.3 Å². The summed E-state index contributed by atoms with van der Waals surface area (Å²) >= 11 is 0. The molecule has 0 spiro atoms. The van der Waals surface area contributed by atoms with E-state index in [1.807, 2.05) is 5.48 Å². The monoisotopic (exact) mass is 129 g/mol. The number of hydrogen-bond acceptors (Lipinski definition) is 3. The average Bonchev–Trinajstić information content (AvgIpc) is 1.83. The molecule has 0 bridgehead atoms. The van der Waals surface area contributed by atoms with Gasteiger partial charge in [-0.1, -0.05) is 6.58 Å². The zero-order valence-electron chi connectivity index (χ0n) is 5.48. The minimum absolute atomic E-state index is 0.103. The first-order valence-electron chi connectivity index (χ1n) is 2.74. The van der Waals surface area contributed by atoms with Gasteiger partial charge in [0.25, 0.3) is 0 Å². The lowest BCUT2D eigenvalue weighted by atomic mass is 10.2. The van der Waals surface area contributed by atoms with Crippen LogP contribution in [0.4, 0.5) is 0 Å². The van der Waals surface area contributed by atoms with Crippen molar-refractivity contribution in [1.29, 1.82) is 0 Å². The van der Waals surface area contributed by atoms with Gasteiger partial charge in [0.05, 0.1) is 0 Å². The molecule has 0 aliphatic carbocycles. The third kappa shape index (κ3) is 5.03. The zero-order valence-corrected chi connectivity index (χ0v) is 5.48. The second-order valence-electron chi connectivity index (χ2n) is 1.92. The normalized spacial score (nSPS) is 8.67. The van der Waals surface area contributed by atoms with Crippen molar-refractivity contribution >= 4 is 5.78 Å². The molecule has 9 heavy (non-hydrogen) atoms. The van der Waals surface area contributed by atoms with Gasteiger partial charge in [0, 0.05) is 12.1 Å². The smallest absolute Gasteiger partial charge is 0.130 e. The number of nitrogens with one attached hydrogen (secondary N) is 1. The van der Waals surface area contributed by atoms with Gasteiger partial charge in [-0.25, -0.2) is 0 Å². The number of carbonyl (C=O) groups excluding carboxylic acids is 1. The van der Waals surface area contributed by atoms with Gasteiger partial charge < -0.3 is 4.79 Å². The molecule has 0 saturated carbocycles. The predicted octanol–water partition coefficient (Wildman–Crippen LogP) is 0.848. The fraction of sp³-hybridized carbons (Fsp3) is 0.500. The Morgan fingerprint density at radius 2 is 2.22 bits per heavy atom. The van der Waals surface area contributed by atoms with E-state index in [2.05, 4.69) is 6.58 Å². The number of carbonyl (C=O) groups is 1. The maximum absolute atomic E-state index is 10.3. The number of rotatable bonds is 4. The first-order chi connectivity index (χ1) is 4.16. The molecule has 3 heteroatoms. The quantitative estimate of drug-likeness (QED) is 0.553. The molecule has 0 aromatic rings. The highest BCUT2D eigenvalue weighted by Gasteiger charge is 1.94. The lowest BCUT2D eigenvalue weighted by Gasteiger charge is -1.98. The molecular weight excluding hydrogens is 118 g/mol. The number of ketones is 1. The van der Waals surface area contributed by atoms with Crippen LogP contribution in [0.2, 0.25) is 0 Å². The summed E-state index contributed by atoms with van der Waals surface area (Å²) in [5.74, 6) is 0.103. The van der Waals surface area contributed by atoms with Gasteiger partial charge in [0.15, 0.2) is 0 Å². The maximum atomic E-state index is 10.3. The largest absolute Gasteiger partial charge is 0.300 e. The van der Waals surface area contributed by atoms with Crippen LogP contribution in [0.1, 0.15) is 19.8 Å². The van der Waals surface area contributed by atoms with E-state index in [1.165, 1.54) is 6.92 Å². The third-order valence-corrected chi connectivity index (χ3v) is 0.937. The molecule has 0 aliphatic rings. The molecular formula is C6H11NO2. The molecule has 52 valence electrons. The van der Waals surface area contributed by atoms with Gasteiger partial charge in [-0.15, -0.1) is 0 Å². The maximum Gasteiger partial charge on any atom is 0.130 e. The molecule has 0 amide bonds. The van der Waals surface area contributed by atoms with Crippen LogP contribution in [0.15, 0.2) is 12.3 Å². The van der Waals surface area contributed by atoms with Gasteiger partial charge in [0.2, 0.25) is 0 Å². The zero-order chi connectivity index (χ0) is 7.28. The standard InChI is InChI=1S/C6H11NO2/c1-5(7-9)3-4-6(2)8/h7,9H,1,3-4H2,2H3. The molecule has 0 rings (SSSR count). The molecule has 0 unspecified atom stereocenters. The summed E-state index contributed by atoms with van der Waals surface area (Å²) in [7, 11) is 0. The molecule has 2 N–H and O–H groups in total. The Bertz CT molecular complexity index is 120. The van der Waals surface area contributed by atoms with E-state index < -0.39 is 0 Å². The summed E-state index contributed by atoms with van der Waals surface area (Å²) in [5, 5.41) is 8.19. The molecule has 0 atom stereocenters. The number of hydroxylamine groups is 1. The lowest BCUT2D eigenvalue weighted by molar-refractivity contribution is -0.117. The van der Waals surface area contributed by atoms with Gasteiger partial charge in [-0.3, -0.25) is 10.7 Å². The van der Waals surface area contributed by atoms with Crippen LogP contribution < -0.4 is 5.48 Å². The predicted molar refractivity (Wildman–Crippen MR) is 34.0 cm³/mol. The lowest BCUT2D eigenvalue weighted by Crippen LogP contribution is -2.06. The Morgan fingerprint density at radius 1 is 1.67 bits per heavy atom. The summed E-state index contributed by atoms with van der Waals surface area (Å²) < 4.78 is 0. The first-order valence-corrected chi connectivity index (χ1v) is 2.74. The van der Waals surface area contributed by atoms with Crippen molar-refractivity contribution in [3.63, 3.8) is 0 Å². The van der Waals surface area contributed by atoms with E-state index in [0.29, 0.717) is 18.5 Å². The van der Waals surface area contributed by atoms with Crippen molar-refractivity contribution in [2.45, 2.75) is 19.8 Å². The van der Waals surface area contributed by atoms with E-state index in [4.69, 9.17) is 5.21 Å². The van der Waals surface area contributed by atoms with Crippen molar-refractivity contribution < 1.29 is 10.0 Å². The highest BCUT2D eigenvalue weighted by molar-refractivity contribution is 5.75. The third-order valence-electron chi connectivity index (χ3n) is 0.937. The minimum Gasteiger partial charge on any atom is -0.300 e. The van der Waals surface area contributed by atoms with E-state index >= 15 is 0 Å². The van der Waals surface area contributed by atoms with Crippen LogP contribution in [0, 0.1) is 0 Å². The van der Waals surface area contributed by atoms with Crippen LogP contribution in [-0.4, -0.2) is 11.0 Å². The van der Waals surface area contributed by atoms with Crippen LogP contribution in [0.5, 0.6) is 0 Å². The van der Waals surface area contributed by atoms with Crippen molar-refractivity contribution in [3.05, 3.63) is 12.3 Å². The van der Waals surface area contributed by atoms with Crippen LogP contribution in [0.25, 0.3) is 0 Å². The molecule has 0 aromatic carbocycles. The van der Waals surface area contributed by atoms with E-state index in [1.54, 1.807) is 0 Å². The average molecular weight is 129 g/mol. The molecule has 0 radical (unpaired) electrons. The molecule has 3 nitrogen and oxygen atoms in total. The summed E-state index contributed by atoms with van der Waals surface area (Å²) in [6.45, 7) is 4.94. The Kier molecular flexibility index (Phi) is 3.71. The summed E-state index contributed by atoms with van der Waals surface area (Å²) in [5.41, 5.74) is 2.35. The Morgan fingerprint density at radius 3 is 2.56 bits per heavy atom. The number of hydrogen-bond donors (Lipinski definition) is 2. The van der Waals surface area contributed by atoms with Gasteiger partial charge in [-0.2, -0.15) is 0 Å².